The van der Waals surface area contributed by atoms with Crippen molar-refractivity contribution in [3.63, 3.8) is 0 Å². The second-order valence-corrected chi connectivity index (χ2v) is 12.5. The van der Waals surface area contributed by atoms with Gasteiger partial charge in [-0.15, -0.1) is 11.3 Å². The van der Waals surface area contributed by atoms with Gasteiger partial charge in [-0.3, -0.25) is 9.59 Å². The molecule has 2 aliphatic carbocycles. The second-order valence-electron chi connectivity index (χ2n) is 10.6. The number of rotatable bonds is 7. The second kappa shape index (κ2) is 10.4. The zero-order valence-electron chi connectivity index (χ0n) is 20.5. The minimum absolute atomic E-state index is 0.0511. The monoisotopic (exact) mass is 572 g/mol. The number of ether oxygens (including phenoxy) is 1. The first-order valence-electron chi connectivity index (χ1n) is 12.7. The molecule has 1 saturated heterocycles. The molecule has 3 aliphatic rings. The van der Waals surface area contributed by atoms with E-state index in [4.69, 9.17) is 4.74 Å². The van der Waals surface area contributed by atoms with E-state index in [0.717, 1.165) is 46.8 Å². The third kappa shape index (κ3) is 5.62. The van der Waals surface area contributed by atoms with Crippen molar-refractivity contribution >= 4 is 45.2 Å². The van der Waals surface area contributed by atoms with Crippen LogP contribution < -0.4 is 10.1 Å². The number of carbonyl (C=O) groups is 2. The van der Waals surface area contributed by atoms with Crippen molar-refractivity contribution in [2.24, 2.45) is 5.92 Å². The van der Waals surface area contributed by atoms with Gasteiger partial charge < -0.3 is 20.1 Å². The van der Waals surface area contributed by atoms with Crippen LogP contribution in [0.25, 0.3) is 6.08 Å². The largest absolute Gasteiger partial charge is 0.427 e. The molecule has 1 aromatic heterocycles. The van der Waals surface area contributed by atoms with Gasteiger partial charge in [-0.05, 0) is 96.8 Å². The number of aliphatic hydroxyl groups is 1. The first-order chi connectivity index (χ1) is 17.2. The van der Waals surface area contributed by atoms with E-state index in [1.54, 1.807) is 23.5 Å². The number of likely N-dealkylation sites (tertiary alicyclic amines) is 1. The zero-order valence-corrected chi connectivity index (χ0v) is 22.9. The maximum absolute atomic E-state index is 12.8. The molecule has 2 heterocycles. The normalized spacial score (nSPS) is 28.6. The molecule has 36 heavy (non-hydrogen) atoms. The number of amides is 1. The fraction of sp³-hybridized carbons (Fsp3) is 0.500. The average molecular weight is 574 g/mol. The van der Waals surface area contributed by atoms with Crippen LogP contribution in [0.1, 0.15) is 55.9 Å². The van der Waals surface area contributed by atoms with Crippen LogP contribution in [0, 0.1) is 5.92 Å². The van der Waals surface area contributed by atoms with Crippen molar-refractivity contribution in [2.45, 2.75) is 62.5 Å². The lowest BCUT2D eigenvalue weighted by Crippen LogP contribution is -2.67. The third-order valence-electron chi connectivity index (χ3n) is 7.93. The number of β-amino-alcohol motifs (C(OH)–C–C–N with tert-alkyl or cyclic N) is 1. The number of hydrogen-bond donors (Lipinski definition) is 2. The highest BCUT2D eigenvalue weighted by Crippen LogP contribution is 2.52. The summed E-state index contributed by atoms with van der Waals surface area (Å²) in [7, 11) is 0. The SMILES string of the molecule is CC(=O)Oc1cccc([C@@]23CCN(CC4CC4)C[C@@]2(O)CC[C@H](NC(=O)C=Cc2cc(Br)cs2)C3)c1. The highest BCUT2D eigenvalue weighted by atomic mass is 79.9. The quantitative estimate of drug-likeness (QED) is 0.280. The van der Waals surface area contributed by atoms with Gasteiger partial charge in [-0.2, -0.15) is 0 Å². The van der Waals surface area contributed by atoms with E-state index < -0.39 is 11.0 Å². The topological polar surface area (TPSA) is 78.9 Å². The summed E-state index contributed by atoms with van der Waals surface area (Å²) in [6, 6.07) is 9.54. The Morgan fingerprint density at radius 3 is 2.83 bits per heavy atom. The number of fused-ring (bicyclic) bond motifs is 1. The molecule has 1 aliphatic heterocycles. The summed E-state index contributed by atoms with van der Waals surface area (Å²) in [5.41, 5.74) is -0.454. The lowest BCUT2D eigenvalue weighted by molar-refractivity contribution is -0.133. The van der Waals surface area contributed by atoms with E-state index in [0.29, 0.717) is 25.1 Å². The van der Waals surface area contributed by atoms with Crippen LogP contribution in [0.4, 0.5) is 0 Å². The summed E-state index contributed by atoms with van der Waals surface area (Å²) in [6.07, 6.45) is 8.77. The minimum atomic E-state index is -0.907. The molecule has 8 heteroatoms. The van der Waals surface area contributed by atoms with Gasteiger partial charge in [-0.25, -0.2) is 0 Å². The first kappa shape index (κ1) is 25.6. The molecule has 6 nitrogen and oxygen atoms in total. The van der Waals surface area contributed by atoms with Gasteiger partial charge >= 0.3 is 5.97 Å². The standard InChI is InChI=1S/C28H33BrN2O4S/c1-19(32)35-24-4-2-3-21(13-24)27-11-12-31(16-20-5-6-20)18-28(27,34)10-9-23(15-27)30-26(33)8-7-25-14-22(29)17-36-25/h2-4,7-8,13-14,17,20,23,34H,5-6,9-12,15-16,18H2,1H3,(H,30,33)/t23-,27-,28-/m0/s1. The summed E-state index contributed by atoms with van der Waals surface area (Å²) < 4.78 is 6.40. The molecule has 5 rings (SSSR count). The maximum Gasteiger partial charge on any atom is 0.308 e. The summed E-state index contributed by atoms with van der Waals surface area (Å²) in [5.74, 6) is 0.774. The van der Waals surface area contributed by atoms with Crippen LogP contribution in [0.2, 0.25) is 0 Å². The average Bonchev–Trinajstić information content (AvgIpc) is 3.55. The van der Waals surface area contributed by atoms with E-state index in [2.05, 4.69) is 26.1 Å². The fourth-order valence-electron chi connectivity index (χ4n) is 6.05. The molecule has 2 N–H and O–H groups in total. The Labute approximate surface area is 224 Å². The lowest BCUT2D eigenvalue weighted by Gasteiger charge is -2.58. The van der Waals surface area contributed by atoms with Gasteiger partial charge in [0.1, 0.15) is 5.75 Å². The van der Waals surface area contributed by atoms with E-state index in [1.807, 2.05) is 35.7 Å². The third-order valence-corrected chi connectivity index (χ3v) is 9.59. The number of thiophene rings is 1. The zero-order chi connectivity index (χ0) is 25.3. The molecule has 0 spiro atoms. The first-order valence-corrected chi connectivity index (χ1v) is 14.4. The number of benzene rings is 1. The lowest BCUT2D eigenvalue weighted by atomic mass is 9.55. The number of carbonyl (C=O) groups excluding carboxylic acids is 2. The molecule has 2 saturated carbocycles. The maximum atomic E-state index is 12.8. The smallest absolute Gasteiger partial charge is 0.308 e. The van der Waals surface area contributed by atoms with E-state index in [9.17, 15) is 14.7 Å². The molecule has 2 aromatic rings. The summed E-state index contributed by atoms with van der Waals surface area (Å²) in [5, 5.41) is 17.4. The van der Waals surface area contributed by atoms with Crippen LogP contribution in [0.3, 0.4) is 0 Å². The van der Waals surface area contributed by atoms with Gasteiger partial charge in [0.15, 0.2) is 0 Å². The predicted molar refractivity (Wildman–Crippen MR) is 145 cm³/mol. The fourth-order valence-corrected chi connectivity index (χ4v) is 7.39. The Bertz CT molecular complexity index is 1160. The molecule has 192 valence electrons. The predicted octanol–water partition coefficient (Wildman–Crippen LogP) is 4.90. The van der Waals surface area contributed by atoms with Crippen LogP contribution >= 0.6 is 27.3 Å². The molecule has 0 bridgehead atoms. The molecule has 1 aromatic carbocycles. The Morgan fingerprint density at radius 2 is 2.11 bits per heavy atom. The Morgan fingerprint density at radius 1 is 1.28 bits per heavy atom. The van der Waals surface area contributed by atoms with Crippen LogP contribution in [-0.2, 0) is 15.0 Å². The number of nitrogens with one attached hydrogen (secondary N) is 1. The van der Waals surface area contributed by atoms with Gasteiger partial charge in [0.2, 0.25) is 5.91 Å². The molecular weight excluding hydrogens is 540 g/mol. The van der Waals surface area contributed by atoms with Crippen molar-refractivity contribution in [3.8, 4) is 5.75 Å². The molecule has 0 radical (unpaired) electrons. The molecule has 3 fully saturated rings. The number of hydrogen-bond acceptors (Lipinski definition) is 6. The van der Waals surface area contributed by atoms with Crippen molar-refractivity contribution in [1.29, 1.82) is 0 Å². The summed E-state index contributed by atoms with van der Waals surface area (Å²) in [6.45, 7) is 3.99. The Kier molecular flexibility index (Phi) is 7.41. The van der Waals surface area contributed by atoms with E-state index in [1.165, 1.54) is 19.8 Å². The van der Waals surface area contributed by atoms with Crippen molar-refractivity contribution in [3.05, 3.63) is 56.7 Å². The Hall–Kier alpha value is -2.00. The highest BCUT2D eigenvalue weighted by Gasteiger charge is 2.57. The van der Waals surface area contributed by atoms with Gasteiger partial charge in [0.25, 0.3) is 0 Å². The summed E-state index contributed by atoms with van der Waals surface area (Å²) >= 11 is 5.02. The molecular formula is C28H33BrN2O4S. The summed E-state index contributed by atoms with van der Waals surface area (Å²) in [4.78, 5) is 27.8. The van der Waals surface area contributed by atoms with Crippen LogP contribution in [0.15, 0.2) is 46.3 Å². The van der Waals surface area contributed by atoms with Gasteiger partial charge in [0.05, 0.1) is 5.60 Å². The highest BCUT2D eigenvalue weighted by molar-refractivity contribution is 9.10. The Balaban J connectivity index is 1.38. The number of piperidine rings is 1. The van der Waals surface area contributed by atoms with E-state index >= 15 is 0 Å². The van der Waals surface area contributed by atoms with Gasteiger partial charge in [0, 0.05) is 52.3 Å². The van der Waals surface area contributed by atoms with Crippen molar-refractivity contribution < 1.29 is 19.4 Å². The molecule has 0 unspecified atom stereocenters. The van der Waals surface area contributed by atoms with Crippen LogP contribution in [0.5, 0.6) is 5.75 Å². The van der Waals surface area contributed by atoms with E-state index in [-0.39, 0.29) is 17.9 Å². The van der Waals surface area contributed by atoms with Crippen molar-refractivity contribution in [2.75, 3.05) is 19.6 Å². The number of esters is 1. The van der Waals surface area contributed by atoms with Gasteiger partial charge in [-0.1, -0.05) is 12.1 Å². The number of halogens is 1. The van der Waals surface area contributed by atoms with Crippen LogP contribution in [-0.4, -0.2) is 53.2 Å². The molecule has 3 atom stereocenters. The number of nitrogens with zero attached hydrogens (tertiary/aromatic N) is 1. The molecule has 1 amide bonds. The van der Waals surface area contributed by atoms with Crippen molar-refractivity contribution in [1.82, 2.24) is 10.2 Å². The minimum Gasteiger partial charge on any atom is -0.427 e.